The summed E-state index contributed by atoms with van der Waals surface area (Å²) in [6.45, 7) is 1.04. The Morgan fingerprint density at radius 2 is 2.07 bits per heavy atom. The van der Waals surface area contributed by atoms with Crippen LogP contribution in [0.4, 0.5) is 0 Å². The van der Waals surface area contributed by atoms with Gasteiger partial charge in [0, 0.05) is 29.5 Å². The Morgan fingerprint density at radius 1 is 1.24 bits per heavy atom. The zero-order chi connectivity index (χ0) is 20.2. The van der Waals surface area contributed by atoms with Crippen LogP contribution in [-0.2, 0) is 16.2 Å². The van der Waals surface area contributed by atoms with Gasteiger partial charge in [-0.15, -0.1) is 0 Å². The fourth-order valence-corrected chi connectivity index (χ4v) is 4.01. The van der Waals surface area contributed by atoms with Crippen LogP contribution in [-0.4, -0.2) is 36.3 Å². The molecule has 1 unspecified atom stereocenters. The predicted octanol–water partition coefficient (Wildman–Crippen LogP) is 4.67. The molecule has 152 valence electrons. The maximum absolute atomic E-state index is 13.1. The van der Waals surface area contributed by atoms with Crippen molar-refractivity contribution in [3.63, 3.8) is 0 Å². The first-order chi connectivity index (χ1) is 14.1. The van der Waals surface area contributed by atoms with Crippen molar-refractivity contribution in [3.05, 3.63) is 64.7 Å². The monoisotopic (exact) mass is 412 g/mol. The number of rotatable bonds is 7. The van der Waals surface area contributed by atoms with E-state index in [2.05, 4.69) is 5.16 Å². The Bertz CT molecular complexity index is 911. The van der Waals surface area contributed by atoms with Crippen LogP contribution in [0.15, 0.2) is 53.7 Å². The molecular weight excluding hydrogens is 388 g/mol. The minimum absolute atomic E-state index is 0.131. The quantitative estimate of drug-likeness (QED) is 0.664. The molecule has 2 aliphatic rings. The lowest BCUT2D eigenvalue weighted by atomic mass is 9.84. The van der Waals surface area contributed by atoms with Crippen LogP contribution >= 0.6 is 11.6 Å². The van der Waals surface area contributed by atoms with E-state index in [0.29, 0.717) is 24.5 Å². The third kappa shape index (κ3) is 4.56. The maximum Gasteiger partial charge on any atom is 0.226 e. The highest BCUT2D eigenvalue weighted by Gasteiger charge is 2.33. The second-order valence-electron chi connectivity index (χ2n) is 7.65. The maximum atomic E-state index is 13.1. The van der Waals surface area contributed by atoms with E-state index in [-0.39, 0.29) is 17.9 Å². The fraction of sp³-hybridized carbons (Fsp3) is 0.391. The molecule has 0 bridgehead atoms. The molecule has 5 nitrogen and oxygen atoms in total. The zero-order valence-electron chi connectivity index (χ0n) is 16.5. The lowest BCUT2D eigenvalue weighted by Gasteiger charge is -2.32. The molecule has 6 heteroatoms. The molecule has 1 amide bonds. The largest absolute Gasteiger partial charge is 0.497 e. The predicted molar refractivity (Wildman–Crippen MR) is 113 cm³/mol. The first-order valence-corrected chi connectivity index (χ1v) is 10.4. The highest BCUT2D eigenvalue weighted by molar-refractivity contribution is 6.34. The van der Waals surface area contributed by atoms with Gasteiger partial charge in [0.05, 0.1) is 19.4 Å². The molecule has 0 saturated heterocycles. The molecule has 0 radical (unpaired) electrons. The van der Waals surface area contributed by atoms with Crippen molar-refractivity contribution in [2.24, 2.45) is 11.1 Å². The SMILES string of the molecule is COc1cccc(CN(CC2CC(c3ccccc3Cl)=NO2)C(=O)C2CCC2)c1. The average molecular weight is 413 g/mol. The van der Waals surface area contributed by atoms with Crippen LogP contribution in [0.25, 0.3) is 0 Å². The Balaban J connectivity index is 1.46. The Kier molecular flexibility index (Phi) is 6.05. The van der Waals surface area contributed by atoms with Crippen molar-refractivity contribution in [3.8, 4) is 5.75 Å². The smallest absolute Gasteiger partial charge is 0.226 e. The number of oxime groups is 1. The van der Waals surface area contributed by atoms with Crippen molar-refractivity contribution < 1.29 is 14.4 Å². The van der Waals surface area contributed by atoms with Gasteiger partial charge in [0.2, 0.25) is 5.91 Å². The number of hydrogen-bond donors (Lipinski definition) is 0. The summed E-state index contributed by atoms with van der Waals surface area (Å²) in [6.07, 6.45) is 3.54. The third-order valence-electron chi connectivity index (χ3n) is 5.62. The number of halogens is 1. The molecule has 2 aromatic carbocycles. The van der Waals surface area contributed by atoms with Crippen LogP contribution < -0.4 is 4.74 Å². The number of hydrogen-bond acceptors (Lipinski definition) is 4. The molecule has 1 heterocycles. The van der Waals surface area contributed by atoms with E-state index in [9.17, 15) is 4.79 Å². The van der Waals surface area contributed by atoms with E-state index in [1.807, 2.05) is 53.4 Å². The van der Waals surface area contributed by atoms with Gasteiger partial charge in [-0.05, 0) is 36.6 Å². The van der Waals surface area contributed by atoms with Gasteiger partial charge < -0.3 is 14.5 Å². The number of amides is 1. The van der Waals surface area contributed by atoms with Crippen LogP contribution in [0.3, 0.4) is 0 Å². The summed E-state index contributed by atoms with van der Waals surface area (Å²) >= 11 is 6.30. The van der Waals surface area contributed by atoms with Gasteiger partial charge in [0.25, 0.3) is 0 Å². The molecule has 4 rings (SSSR count). The van der Waals surface area contributed by atoms with E-state index in [4.69, 9.17) is 21.2 Å². The van der Waals surface area contributed by atoms with Crippen molar-refractivity contribution in [2.45, 2.75) is 38.3 Å². The molecule has 29 heavy (non-hydrogen) atoms. The van der Waals surface area contributed by atoms with Gasteiger partial charge in [-0.25, -0.2) is 0 Å². The molecule has 1 atom stereocenters. The molecule has 0 N–H and O–H groups in total. The highest BCUT2D eigenvalue weighted by atomic mass is 35.5. The second-order valence-corrected chi connectivity index (χ2v) is 8.05. The summed E-state index contributed by atoms with van der Waals surface area (Å²) in [5.74, 6) is 1.12. The molecule has 2 aromatic rings. The van der Waals surface area contributed by atoms with Crippen molar-refractivity contribution >= 4 is 23.2 Å². The lowest BCUT2D eigenvalue weighted by molar-refractivity contribution is -0.140. The Morgan fingerprint density at radius 3 is 2.79 bits per heavy atom. The minimum Gasteiger partial charge on any atom is -0.497 e. The first kappa shape index (κ1) is 19.8. The fourth-order valence-electron chi connectivity index (χ4n) is 3.76. The number of carbonyl (C=O) groups excluding carboxylic acids is 1. The van der Waals surface area contributed by atoms with Gasteiger partial charge in [-0.3, -0.25) is 4.79 Å². The zero-order valence-corrected chi connectivity index (χ0v) is 17.3. The molecular formula is C23H25ClN2O3. The van der Waals surface area contributed by atoms with Gasteiger partial charge in [0.15, 0.2) is 6.10 Å². The summed E-state index contributed by atoms with van der Waals surface area (Å²) in [5, 5.41) is 4.91. The van der Waals surface area contributed by atoms with Crippen LogP contribution in [0, 0.1) is 5.92 Å². The molecule has 1 aliphatic carbocycles. The minimum atomic E-state index is -0.170. The second kappa shape index (κ2) is 8.87. The summed E-state index contributed by atoms with van der Waals surface area (Å²) in [5.41, 5.74) is 2.77. The van der Waals surface area contributed by atoms with Gasteiger partial charge >= 0.3 is 0 Å². The normalized spacial score (nSPS) is 18.6. The number of methoxy groups -OCH3 is 1. The van der Waals surface area contributed by atoms with E-state index in [0.717, 1.165) is 41.9 Å². The molecule has 0 aromatic heterocycles. The highest BCUT2D eigenvalue weighted by Crippen LogP contribution is 2.30. The standard InChI is InChI=1S/C23H25ClN2O3/c1-28-18-9-4-6-16(12-18)14-26(23(27)17-7-5-8-17)15-19-13-22(25-29-19)20-10-2-3-11-21(20)24/h2-4,6,9-12,17,19H,5,7-8,13-15H2,1H3. The molecule has 0 spiro atoms. The Labute approximate surface area is 176 Å². The van der Waals surface area contributed by atoms with Crippen LogP contribution in [0.1, 0.15) is 36.8 Å². The van der Waals surface area contributed by atoms with E-state index in [1.165, 1.54) is 0 Å². The molecule has 1 aliphatic heterocycles. The first-order valence-electron chi connectivity index (χ1n) is 10.0. The number of nitrogens with zero attached hydrogens (tertiary/aromatic N) is 2. The van der Waals surface area contributed by atoms with E-state index < -0.39 is 0 Å². The summed E-state index contributed by atoms with van der Waals surface area (Å²) in [6, 6.07) is 15.5. The van der Waals surface area contributed by atoms with Gasteiger partial charge in [-0.2, -0.15) is 0 Å². The van der Waals surface area contributed by atoms with Crippen molar-refractivity contribution in [1.82, 2.24) is 4.90 Å². The number of carbonyl (C=O) groups is 1. The average Bonchev–Trinajstić information content (AvgIpc) is 3.15. The van der Waals surface area contributed by atoms with E-state index >= 15 is 0 Å². The topological polar surface area (TPSA) is 51.1 Å². The van der Waals surface area contributed by atoms with Crippen LogP contribution in [0.5, 0.6) is 5.75 Å². The van der Waals surface area contributed by atoms with E-state index in [1.54, 1.807) is 7.11 Å². The van der Waals surface area contributed by atoms with Crippen LogP contribution in [0.2, 0.25) is 5.02 Å². The third-order valence-corrected chi connectivity index (χ3v) is 5.95. The van der Waals surface area contributed by atoms with Gasteiger partial charge in [0.1, 0.15) is 5.75 Å². The van der Waals surface area contributed by atoms with Gasteiger partial charge in [-0.1, -0.05) is 53.5 Å². The van der Waals surface area contributed by atoms with Crippen molar-refractivity contribution in [2.75, 3.05) is 13.7 Å². The molecule has 1 fully saturated rings. The lowest BCUT2D eigenvalue weighted by Crippen LogP contribution is -2.42. The number of benzene rings is 2. The number of ether oxygens (including phenoxy) is 1. The van der Waals surface area contributed by atoms with Crippen molar-refractivity contribution in [1.29, 1.82) is 0 Å². The summed E-state index contributed by atoms with van der Waals surface area (Å²) in [4.78, 5) is 20.6. The summed E-state index contributed by atoms with van der Waals surface area (Å²) in [7, 11) is 1.65. The molecule has 1 saturated carbocycles. The summed E-state index contributed by atoms with van der Waals surface area (Å²) < 4.78 is 5.33. The Hall–Kier alpha value is -2.53.